The van der Waals surface area contributed by atoms with Gasteiger partial charge in [-0.15, -0.1) is 0 Å². The SMILES string of the molecule is CCC(C)C(N)C(=O)NC(CCSC)C(=O)NC(CCCN=C(N)N)C(=O)NC(CCSC)C(=O)O. The summed E-state index contributed by atoms with van der Waals surface area (Å²) in [4.78, 5) is 54.2. The fourth-order valence-corrected chi connectivity index (χ4v) is 4.04. The zero-order valence-corrected chi connectivity index (χ0v) is 23.3. The van der Waals surface area contributed by atoms with E-state index in [9.17, 15) is 24.3 Å². The van der Waals surface area contributed by atoms with Crippen LogP contribution in [0.2, 0.25) is 0 Å². The first-order valence-electron chi connectivity index (χ1n) is 11.9. The van der Waals surface area contributed by atoms with Crippen molar-refractivity contribution >= 4 is 53.2 Å². The van der Waals surface area contributed by atoms with Gasteiger partial charge in [0, 0.05) is 6.54 Å². The molecule has 0 radical (unpaired) electrons. The zero-order chi connectivity index (χ0) is 27.7. The standard InChI is InChI=1S/C22H43N7O5S2/c1-5-13(2)17(23)20(32)28-15(8-11-35-3)19(31)27-14(7-6-10-26-22(24)25)18(30)29-16(21(33)34)9-12-36-4/h13-17H,5-12,23H2,1-4H3,(H,27,31)(H,28,32)(H,29,30)(H,33,34)(H4,24,25,26). The number of aliphatic carboxylic acids is 1. The topological polar surface area (TPSA) is 215 Å². The Morgan fingerprint density at radius 3 is 1.81 bits per heavy atom. The van der Waals surface area contributed by atoms with Crippen LogP contribution in [0.15, 0.2) is 4.99 Å². The Balaban J connectivity index is 5.59. The summed E-state index contributed by atoms with van der Waals surface area (Å²) in [6, 6.07) is -3.81. The van der Waals surface area contributed by atoms with Gasteiger partial charge in [-0.25, -0.2) is 4.79 Å². The lowest BCUT2D eigenvalue weighted by atomic mass is 9.99. The van der Waals surface area contributed by atoms with Crippen LogP contribution >= 0.6 is 23.5 Å². The number of nitrogens with one attached hydrogen (secondary N) is 3. The maximum Gasteiger partial charge on any atom is 0.326 e. The lowest BCUT2D eigenvalue weighted by Crippen LogP contribution is -2.57. The van der Waals surface area contributed by atoms with E-state index in [2.05, 4.69) is 20.9 Å². The number of rotatable bonds is 19. The van der Waals surface area contributed by atoms with Crippen molar-refractivity contribution in [3.05, 3.63) is 0 Å². The number of thioether (sulfide) groups is 2. The minimum atomic E-state index is -1.16. The Kier molecular flexibility index (Phi) is 17.8. The van der Waals surface area contributed by atoms with Crippen molar-refractivity contribution in [3.63, 3.8) is 0 Å². The highest BCUT2D eigenvalue weighted by Crippen LogP contribution is 2.09. The summed E-state index contributed by atoms with van der Waals surface area (Å²) in [6.45, 7) is 4.01. The Bertz CT molecular complexity index is 738. The molecule has 0 spiro atoms. The van der Waals surface area contributed by atoms with Gasteiger partial charge < -0.3 is 38.3 Å². The molecule has 12 nitrogen and oxygen atoms in total. The number of carboxylic acids is 1. The molecule has 5 atom stereocenters. The average molecular weight is 550 g/mol. The molecule has 0 aromatic heterocycles. The third kappa shape index (κ3) is 13.8. The van der Waals surface area contributed by atoms with Gasteiger partial charge >= 0.3 is 5.97 Å². The van der Waals surface area contributed by atoms with Gasteiger partial charge in [0.25, 0.3) is 0 Å². The summed E-state index contributed by atoms with van der Waals surface area (Å²) in [5.41, 5.74) is 16.7. The molecule has 0 aliphatic heterocycles. The Morgan fingerprint density at radius 1 is 0.861 bits per heavy atom. The number of nitrogens with two attached hydrogens (primary N) is 3. The van der Waals surface area contributed by atoms with Crippen molar-refractivity contribution in [1.82, 2.24) is 16.0 Å². The summed E-state index contributed by atoms with van der Waals surface area (Å²) < 4.78 is 0. The molecule has 0 aromatic carbocycles. The average Bonchev–Trinajstić information content (AvgIpc) is 2.84. The lowest BCUT2D eigenvalue weighted by Gasteiger charge is -2.26. The summed E-state index contributed by atoms with van der Waals surface area (Å²) >= 11 is 2.97. The molecule has 14 heteroatoms. The van der Waals surface area contributed by atoms with Crippen molar-refractivity contribution < 1.29 is 24.3 Å². The van der Waals surface area contributed by atoms with Gasteiger partial charge in [-0.1, -0.05) is 20.3 Å². The van der Waals surface area contributed by atoms with Crippen molar-refractivity contribution in [2.45, 2.75) is 70.1 Å². The number of guanidine groups is 1. The second-order valence-electron chi connectivity index (χ2n) is 8.44. The Labute approximate surface area is 222 Å². The van der Waals surface area contributed by atoms with E-state index in [0.29, 0.717) is 30.8 Å². The van der Waals surface area contributed by atoms with Crippen LogP contribution in [0.1, 0.15) is 46.0 Å². The van der Waals surface area contributed by atoms with Gasteiger partial charge in [-0.3, -0.25) is 19.4 Å². The van der Waals surface area contributed by atoms with Gasteiger partial charge in [0.1, 0.15) is 18.1 Å². The number of amides is 3. The summed E-state index contributed by atoms with van der Waals surface area (Å²) in [5.74, 6) is -1.82. The van der Waals surface area contributed by atoms with Gasteiger partial charge in [0.2, 0.25) is 17.7 Å². The fraction of sp³-hybridized carbons (Fsp3) is 0.773. The number of carbonyl (C=O) groups is 4. The summed E-state index contributed by atoms with van der Waals surface area (Å²) in [6.07, 6.45) is 5.51. The maximum atomic E-state index is 13.2. The molecule has 5 unspecified atom stereocenters. The van der Waals surface area contributed by atoms with Crippen LogP contribution in [0, 0.1) is 5.92 Å². The molecule has 10 N–H and O–H groups in total. The van der Waals surface area contributed by atoms with Crippen LogP contribution in [0.5, 0.6) is 0 Å². The van der Waals surface area contributed by atoms with Crippen LogP contribution in [0.25, 0.3) is 0 Å². The molecule has 208 valence electrons. The molecule has 0 saturated heterocycles. The number of carbonyl (C=O) groups excluding carboxylic acids is 3. The van der Waals surface area contributed by atoms with Crippen LogP contribution in [0.3, 0.4) is 0 Å². The van der Waals surface area contributed by atoms with Gasteiger partial charge in [0.15, 0.2) is 5.96 Å². The molecule has 0 rings (SSSR count). The minimum Gasteiger partial charge on any atom is -0.480 e. The normalized spacial score (nSPS) is 15.0. The van der Waals surface area contributed by atoms with Crippen molar-refractivity contribution in [1.29, 1.82) is 0 Å². The van der Waals surface area contributed by atoms with E-state index in [1.54, 1.807) is 0 Å². The number of hydrogen-bond acceptors (Lipinski definition) is 8. The molecule has 36 heavy (non-hydrogen) atoms. The van der Waals surface area contributed by atoms with Crippen LogP contribution < -0.4 is 33.2 Å². The van der Waals surface area contributed by atoms with Crippen LogP contribution in [-0.2, 0) is 19.2 Å². The van der Waals surface area contributed by atoms with Crippen molar-refractivity contribution in [3.8, 4) is 0 Å². The number of carboxylic acid groups (broad SMARTS) is 1. The first-order valence-corrected chi connectivity index (χ1v) is 14.7. The Morgan fingerprint density at radius 2 is 1.33 bits per heavy atom. The molecule has 0 fully saturated rings. The number of aliphatic imine (C=N–C) groups is 1. The molecule has 0 bridgehead atoms. The first kappa shape index (κ1) is 33.8. The Hall–Kier alpha value is -2.19. The summed E-state index contributed by atoms with van der Waals surface area (Å²) in [5, 5.41) is 17.4. The molecule has 0 aromatic rings. The van der Waals surface area contributed by atoms with Gasteiger partial charge in [-0.2, -0.15) is 23.5 Å². The molecule has 0 saturated carbocycles. The smallest absolute Gasteiger partial charge is 0.326 e. The molecular formula is C22H43N7O5S2. The molecule has 0 aliphatic carbocycles. The molecule has 0 aliphatic rings. The van der Waals surface area contributed by atoms with Gasteiger partial charge in [0.05, 0.1) is 6.04 Å². The van der Waals surface area contributed by atoms with E-state index in [4.69, 9.17) is 17.2 Å². The predicted molar refractivity (Wildman–Crippen MR) is 147 cm³/mol. The molecule has 3 amide bonds. The quantitative estimate of drug-likeness (QED) is 0.0620. The highest BCUT2D eigenvalue weighted by atomic mass is 32.2. The summed E-state index contributed by atoms with van der Waals surface area (Å²) in [7, 11) is 0. The number of hydrogen-bond donors (Lipinski definition) is 7. The monoisotopic (exact) mass is 549 g/mol. The second-order valence-corrected chi connectivity index (χ2v) is 10.4. The maximum absolute atomic E-state index is 13.2. The van der Waals surface area contributed by atoms with E-state index in [1.165, 1.54) is 23.5 Å². The number of nitrogens with zero attached hydrogens (tertiary/aromatic N) is 1. The van der Waals surface area contributed by atoms with E-state index in [0.717, 1.165) is 0 Å². The minimum absolute atomic E-state index is 0.0717. The first-order chi connectivity index (χ1) is 17.0. The zero-order valence-electron chi connectivity index (χ0n) is 21.6. The second kappa shape index (κ2) is 19.0. The van der Waals surface area contributed by atoms with Crippen molar-refractivity contribution in [2.24, 2.45) is 28.1 Å². The van der Waals surface area contributed by atoms with E-state index in [-0.39, 0.29) is 31.3 Å². The fourth-order valence-electron chi connectivity index (χ4n) is 3.09. The van der Waals surface area contributed by atoms with Crippen molar-refractivity contribution in [2.75, 3.05) is 30.6 Å². The van der Waals surface area contributed by atoms with E-state index in [1.807, 2.05) is 26.4 Å². The van der Waals surface area contributed by atoms with Crippen LogP contribution in [0.4, 0.5) is 0 Å². The highest BCUT2D eigenvalue weighted by molar-refractivity contribution is 7.98. The van der Waals surface area contributed by atoms with Gasteiger partial charge in [-0.05, 0) is 55.6 Å². The molecular weight excluding hydrogens is 506 g/mol. The lowest BCUT2D eigenvalue weighted by molar-refractivity contribution is -0.142. The third-order valence-electron chi connectivity index (χ3n) is 5.61. The molecule has 0 heterocycles. The largest absolute Gasteiger partial charge is 0.480 e. The third-order valence-corrected chi connectivity index (χ3v) is 6.89. The van der Waals surface area contributed by atoms with Crippen LogP contribution in [-0.4, -0.2) is 89.5 Å². The van der Waals surface area contributed by atoms with E-state index >= 15 is 0 Å². The van der Waals surface area contributed by atoms with E-state index < -0.39 is 47.9 Å². The predicted octanol–water partition coefficient (Wildman–Crippen LogP) is -0.541. The highest BCUT2D eigenvalue weighted by Gasteiger charge is 2.30.